The lowest BCUT2D eigenvalue weighted by Crippen LogP contribution is -2.21. The average molecular weight is 290 g/mol. The molecule has 0 radical (unpaired) electrons. The van der Waals surface area contributed by atoms with E-state index in [1.807, 2.05) is 24.3 Å². The molecule has 1 aromatic heterocycles. The van der Waals surface area contributed by atoms with Crippen molar-refractivity contribution in [1.29, 1.82) is 0 Å². The normalized spacial score (nSPS) is 10.3. The highest BCUT2D eigenvalue weighted by Gasteiger charge is 2.11. The van der Waals surface area contributed by atoms with E-state index in [0.29, 0.717) is 17.8 Å². The molecule has 1 heterocycles. The third kappa shape index (κ3) is 3.08. The molecule has 0 bridgehead atoms. The van der Waals surface area contributed by atoms with Crippen molar-refractivity contribution in [3.8, 4) is 0 Å². The van der Waals surface area contributed by atoms with Crippen molar-refractivity contribution >= 4 is 28.6 Å². The van der Waals surface area contributed by atoms with Crippen LogP contribution in [0.2, 0.25) is 0 Å². The maximum absolute atomic E-state index is 11.7. The Kier molecular flexibility index (Phi) is 4.24. The van der Waals surface area contributed by atoms with Gasteiger partial charge in [-0.05, 0) is 25.1 Å². The molecule has 0 aliphatic heterocycles. The van der Waals surface area contributed by atoms with Crippen LogP contribution < -0.4 is 16.0 Å². The van der Waals surface area contributed by atoms with Crippen LogP contribution in [-0.2, 0) is 6.54 Å². The van der Waals surface area contributed by atoms with Gasteiger partial charge in [-0.3, -0.25) is 4.79 Å². The first-order valence-electron chi connectivity index (χ1n) is 6.25. The van der Waals surface area contributed by atoms with Gasteiger partial charge < -0.3 is 16.0 Å². The van der Waals surface area contributed by atoms with Gasteiger partial charge in [0.05, 0.1) is 28.6 Å². The van der Waals surface area contributed by atoms with Gasteiger partial charge in [-0.2, -0.15) is 0 Å². The lowest BCUT2D eigenvalue weighted by atomic mass is 10.1. The number of nitrogen functional groups attached to an aromatic ring is 1. The zero-order valence-electron chi connectivity index (χ0n) is 11.8. The second kappa shape index (κ2) is 5.92. The highest BCUT2D eigenvalue weighted by atomic mass is 32.1. The third-order valence-electron chi connectivity index (χ3n) is 3.00. The third-order valence-corrected chi connectivity index (χ3v) is 3.82. The first-order valence-corrected chi connectivity index (χ1v) is 7.13. The minimum atomic E-state index is -0.121. The van der Waals surface area contributed by atoms with Gasteiger partial charge >= 0.3 is 0 Å². The largest absolute Gasteiger partial charge is 0.397 e. The van der Waals surface area contributed by atoms with Gasteiger partial charge in [-0.1, -0.05) is 0 Å². The molecule has 20 heavy (non-hydrogen) atoms. The van der Waals surface area contributed by atoms with Gasteiger partial charge in [0.25, 0.3) is 5.91 Å². The summed E-state index contributed by atoms with van der Waals surface area (Å²) in [6.07, 6.45) is 0. The Balaban J connectivity index is 2.24. The fraction of sp³-hybridized carbons (Fsp3) is 0.286. The van der Waals surface area contributed by atoms with Gasteiger partial charge in [0.15, 0.2) is 0 Å². The number of rotatable bonds is 4. The fourth-order valence-electron chi connectivity index (χ4n) is 1.97. The van der Waals surface area contributed by atoms with Crippen molar-refractivity contribution in [2.75, 3.05) is 24.7 Å². The van der Waals surface area contributed by atoms with E-state index in [9.17, 15) is 4.79 Å². The standard InChI is InChI=1S/C14H18N4OS/c1-9-17-11(8-20-9)7-18(3)13-6-10(14(19)16-2)4-5-12(13)15/h4-6,8H,7,15H2,1-3H3,(H,16,19). The van der Waals surface area contributed by atoms with E-state index in [2.05, 4.69) is 10.3 Å². The van der Waals surface area contributed by atoms with Crippen molar-refractivity contribution in [2.24, 2.45) is 0 Å². The quantitative estimate of drug-likeness (QED) is 0.845. The van der Waals surface area contributed by atoms with E-state index in [1.165, 1.54) is 0 Å². The molecule has 0 saturated carbocycles. The molecule has 0 unspecified atom stereocenters. The summed E-state index contributed by atoms with van der Waals surface area (Å²) < 4.78 is 0. The molecular formula is C14H18N4OS. The maximum Gasteiger partial charge on any atom is 0.251 e. The molecule has 0 fully saturated rings. The van der Waals surface area contributed by atoms with E-state index in [1.54, 1.807) is 36.6 Å². The zero-order chi connectivity index (χ0) is 14.7. The van der Waals surface area contributed by atoms with E-state index in [0.717, 1.165) is 16.4 Å². The summed E-state index contributed by atoms with van der Waals surface area (Å²) in [6, 6.07) is 5.27. The number of carbonyl (C=O) groups is 1. The zero-order valence-corrected chi connectivity index (χ0v) is 12.6. The van der Waals surface area contributed by atoms with Crippen LogP contribution in [0.1, 0.15) is 21.1 Å². The lowest BCUT2D eigenvalue weighted by Gasteiger charge is -2.20. The van der Waals surface area contributed by atoms with Crippen LogP contribution in [0.4, 0.5) is 11.4 Å². The predicted octanol–water partition coefficient (Wildman–Crippen LogP) is 2.03. The van der Waals surface area contributed by atoms with Gasteiger partial charge in [0.1, 0.15) is 0 Å². The smallest absolute Gasteiger partial charge is 0.251 e. The van der Waals surface area contributed by atoms with Crippen LogP contribution >= 0.6 is 11.3 Å². The summed E-state index contributed by atoms with van der Waals surface area (Å²) in [6.45, 7) is 2.64. The van der Waals surface area contributed by atoms with Crippen molar-refractivity contribution in [3.63, 3.8) is 0 Å². The molecule has 5 nitrogen and oxygen atoms in total. The van der Waals surface area contributed by atoms with Crippen molar-refractivity contribution in [1.82, 2.24) is 10.3 Å². The molecule has 0 spiro atoms. The fourth-order valence-corrected chi connectivity index (χ4v) is 2.57. The van der Waals surface area contributed by atoms with Crippen molar-refractivity contribution in [3.05, 3.63) is 39.8 Å². The van der Waals surface area contributed by atoms with Crippen LogP contribution in [0.15, 0.2) is 23.6 Å². The predicted molar refractivity (Wildman–Crippen MR) is 83.2 cm³/mol. The SMILES string of the molecule is CNC(=O)c1ccc(N)c(N(C)Cc2csc(C)n2)c1. The number of amides is 1. The number of nitrogens with zero attached hydrogens (tertiary/aromatic N) is 2. The van der Waals surface area contributed by atoms with Crippen molar-refractivity contribution in [2.45, 2.75) is 13.5 Å². The van der Waals surface area contributed by atoms with E-state index < -0.39 is 0 Å². The molecule has 0 atom stereocenters. The Morgan fingerprint density at radius 2 is 2.25 bits per heavy atom. The number of carbonyl (C=O) groups excluding carboxylic acids is 1. The Morgan fingerprint density at radius 3 is 2.85 bits per heavy atom. The number of aromatic nitrogens is 1. The number of thiazole rings is 1. The molecule has 1 amide bonds. The molecule has 6 heteroatoms. The number of anilines is 2. The van der Waals surface area contributed by atoms with E-state index in [-0.39, 0.29) is 5.91 Å². The maximum atomic E-state index is 11.7. The average Bonchev–Trinajstić information content (AvgIpc) is 2.83. The topological polar surface area (TPSA) is 71.2 Å². The number of hydrogen-bond acceptors (Lipinski definition) is 5. The molecular weight excluding hydrogens is 272 g/mol. The Hall–Kier alpha value is -2.08. The second-order valence-corrected chi connectivity index (χ2v) is 5.63. The Bertz CT molecular complexity index is 623. The number of benzene rings is 1. The van der Waals surface area contributed by atoms with Crippen LogP contribution in [-0.4, -0.2) is 25.0 Å². The molecule has 3 N–H and O–H groups in total. The molecule has 1 aromatic carbocycles. The van der Waals surface area contributed by atoms with Crippen LogP contribution in [0.25, 0.3) is 0 Å². The second-order valence-electron chi connectivity index (χ2n) is 4.57. The summed E-state index contributed by atoms with van der Waals surface area (Å²) in [5.74, 6) is -0.121. The minimum absolute atomic E-state index is 0.121. The van der Waals surface area contributed by atoms with Gasteiger partial charge in [0, 0.05) is 25.0 Å². The first kappa shape index (κ1) is 14.3. The van der Waals surface area contributed by atoms with Gasteiger partial charge in [-0.25, -0.2) is 4.98 Å². The summed E-state index contributed by atoms with van der Waals surface area (Å²) in [4.78, 5) is 18.1. The summed E-state index contributed by atoms with van der Waals surface area (Å²) >= 11 is 1.62. The van der Waals surface area contributed by atoms with Crippen LogP contribution in [0.5, 0.6) is 0 Å². The van der Waals surface area contributed by atoms with E-state index in [4.69, 9.17) is 5.73 Å². The summed E-state index contributed by atoms with van der Waals surface area (Å²) in [5.41, 5.74) is 9.07. The highest BCUT2D eigenvalue weighted by molar-refractivity contribution is 7.09. The summed E-state index contributed by atoms with van der Waals surface area (Å²) in [7, 11) is 3.55. The molecule has 0 saturated heterocycles. The monoisotopic (exact) mass is 290 g/mol. The van der Waals surface area contributed by atoms with Gasteiger partial charge in [0.2, 0.25) is 0 Å². The molecule has 2 aromatic rings. The number of nitrogens with one attached hydrogen (secondary N) is 1. The first-order chi connectivity index (χ1) is 9.51. The summed E-state index contributed by atoms with van der Waals surface area (Å²) in [5, 5.41) is 5.69. The minimum Gasteiger partial charge on any atom is -0.397 e. The number of hydrogen-bond donors (Lipinski definition) is 2. The number of aryl methyl sites for hydroxylation is 1. The molecule has 106 valence electrons. The van der Waals surface area contributed by atoms with Crippen LogP contribution in [0, 0.1) is 6.92 Å². The van der Waals surface area contributed by atoms with E-state index >= 15 is 0 Å². The highest BCUT2D eigenvalue weighted by Crippen LogP contribution is 2.25. The molecule has 0 aliphatic carbocycles. The van der Waals surface area contributed by atoms with Crippen LogP contribution in [0.3, 0.4) is 0 Å². The molecule has 2 rings (SSSR count). The Labute approximate surface area is 122 Å². The van der Waals surface area contributed by atoms with Gasteiger partial charge in [-0.15, -0.1) is 11.3 Å². The molecule has 0 aliphatic rings. The Morgan fingerprint density at radius 1 is 1.50 bits per heavy atom. The number of nitrogens with two attached hydrogens (primary N) is 1. The van der Waals surface area contributed by atoms with Crippen molar-refractivity contribution < 1.29 is 4.79 Å². The lowest BCUT2D eigenvalue weighted by molar-refractivity contribution is 0.0963.